The molecule has 158 valence electrons. The van der Waals surface area contributed by atoms with Gasteiger partial charge in [0.05, 0.1) is 18.7 Å². The second-order valence-corrected chi connectivity index (χ2v) is 7.88. The van der Waals surface area contributed by atoms with Crippen LogP contribution in [0, 0.1) is 17.0 Å². The molecular formula is C20H21ClN4O4S. The zero-order chi connectivity index (χ0) is 21.7. The highest BCUT2D eigenvalue weighted by molar-refractivity contribution is 7.99. The Morgan fingerprint density at radius 3 is 2.57 bits per heavy atom. The normalized spacial score (nSPS) is 11.9. The van der Waals surface area contributed by atoms with E-state index in [0.717, 1.165) is 11.4 Å². The Balaban J connectivity index is 1.94. The lowest BCUT2D eigenvalue weighted by atomic mass is 10.1. The van der Waals surface area contributed by atoms with E-state index in [1.54, 1.807) is 18.2 Å². The summed E-state index contributed by atoms with van der Waals surface area (Å²) in [4.78, 5) is 11.0. The van der Waals surface area contributed by atoms with E-state index in [2.05, 4.69) is 10.2 Å². The Kier molecular flexibility index (Phi) is 7.17. The first-order valence-electron chi connectivity index (χ1n) is 9.20. The molecule has 1 aromatic heterocycles. The van der Waals surface area contributed by atoms with E-state index in [1.165, 1.54) is 18.9 Å². The maximum atomic E-state index is 11.3. The predicted octanol–water partition coefficient (Wildman–Crippen LogP) is 4.75. The van der Waals surface area contributed by atoms with Crippen LogP contribution in [0.25, 0.3) is 5.69 Å². The van der Waals surface area contributed by atoms with Crippen LogP contribution in [0.5, 0.6) is 11.5 Å². The van der Waals surface area contributed by atoms with Crippen molar-refractivity contribution in [1.29, 1.82) is 0 Å². The first-order chi connectivity index (χ1) is 14.4. The summed E-state index contributed by atoms with van der Waals surface area (Å²) in [5.41, 5.74) is 1.55. The SMILES string of the molecule is CCOc1ccc(-n2c(C)nnc2S[C@H](C[N+](=O)[O-])c2ccc(OC)c(Cl)c2)cc1. The van der Waals surface area contributed by atoms with Gasteiger partial charge in [-0.1, -0.05) is 29.4 Å². The molecule has 8 nitrogen and oxygen atoms in total. The number of rotatable bonds is 9. The van der Waals surface area contributed by atoms with Gasteiger partial charge >= 0.3 is 0 Å². The number of thioether (sulfide) groups is 1. The topological polar surface area (TPSA) is 92.3 Å². The van der Waals surface area contributed by atoms with E-state index in [4.69, 9.17) is 21.1 Å². The largest absolute Gasteiger partial charge is 0.495 e. The number of aryl methyl sites for hydroxylation is 1. The van der Waals surface area contributed by atoms with Crippen molar-refractivity contribution < 1.29 is 14.4 Å². The third-order valence-electron chi connectivity index (χ3n) is 4.31. The molecular weight excluding hydrogens is 428 g/mol. The molecule has 1 atom stereocenters. The molecule has 0 amide bonds. The van der Waals surface area contributed by atoms with Gasteiger partial charge in [-0.15, -0.1) is 10.2 Å². The molecule has 0 spiro atoms. The van der Waals surface area contributed by atoms with Crippen LogP contribution in [0.4, 0.5) is 0 Å². The lowest BCUT2D eigenvalue weighted by molar-refractivity contribution is -0.479. The summed E-state index contributed by atoms with van der Waals surface area (Å²) in [5.74, 6) is 1.95. The molecule has 3 aromatic rings. The van der Waals surface area contributed by atoms with Crippen molar-refractivity contribution >= 4 is 23.4 Å². The van der Waals surface area contributed by atoms with Crippen molar-refractivity contribution in [3.8, 4) is 17.2 Å². The molecule has 1 heterocycles. The predicted molar refractivity (Wildman–Crippen MR) is 116 cm³/mol. The Morgan fingerprint density at radius 1 is 1.23 bits per heavy atom. The summed E-state index contributed by atoms with van der Waals surface area (Å²) >= 11 is 7.50. The first kappa shape index (κ1) is 21.9. The molecule has 0 bridgehead atoms. The van der Waals surface area contributed by atoms with E-state index in [1.807, 2.05) is 42.7 Å². The van der Waals surface area contributed by atoms with Crippen molar-refractivity contribution in [3.05, 3.63) is 69.0 Å². The van der Waals surface area contributed by atoms with E-state index in [0.29, 0.717) is 33.9 Å². The molecule has 3 rings (SSSR count). The van der Waals surface area contributed by atoms with Crippen LogP contribution in [0.3, 0.4) is 0 Å². The molecule has 10 heteroatoms. The van der Waals surface area contributed by atoms with Gasteiger partial charge in [-0.3, -0.25) is 14.7 Å². The minimum atomic E-state index is -0.506. The fourth-order valence-electron chi connectivity index (χ4n) is 2.93. The molecule has 0 aliphatic rings. The molecule has 2 aromatic carbocycles. The zero-order valence-electron chi connectivity index (χ0n) is 16.7. The lowest BCUT2D eigenvalue weighted by Crippen LogP contribution is -2.11. The minimum absolute atomic E-state index is 0.289. The number of nitro groups is 1. The molecule has 0 saturated carbocycles. The first-order valence-corrected chi connectivity index (χ1v) is 10.5. The summed E-state index contributed by atoms with van der Waals surface area (Å²) in [7, 11) is 1.52. The van der Waals surface area contributed by atoms with E-state index in [9.17, 15) is 10.1 Å². The third kappa shape index (κ3) is 5.03. The van der Waals surface area contributed by atoms with Crippen molar-refractivity contribution in [2.75, 3.05) is 20.3 Å². The molecule has 0 fully saturated rings. The van der Waals surface area contributed by atoms with Crippen molar-refractivity contribution in [2.24, 2.45) is 0 Å². The zero-order valence-corrected chi connectivity index (χ0v) is 18.3. The van der Waals surface area contributed by atoms with Gasteiger partial charge in [-0.2, -0.15) is 0 Å². The fourth-order valence-corrected chi connectivity index (χ4v) is 4.36. The van der Waals surface area contributed by atoms with Gasteiger partial charge in [-0.25, -0.2) is 0 Å². The van der Waals surface area contributed by atoms with Crippen LogP contribution in [0.2, 0.25) is 5.02 Å². The Morgan fingerprint density at radius 2 is 1.97 bits per heavy atom. The summed E-state index contributed by atoms with van der Waals surface area (Å²) < 4.78 is 12.5. The maximum Gasteiger partial charge on any atom is 0.220 e. The molecule has 0 unspecified atom stereocenters. The van der Waals surface area contributed by atoms with E-state index >= 15 is 0 Å². The molecule has 30 heavy (non-hydrogen) atoms. The average molecular weight is 449 g/mol. The number of methoxy groups -OCH3 is 1. The van der Waals surface area contributed by atoms with Crippen LogP contribution in [0.1, 0.15) is 23.6 Å². The van der Waals surface area contributed by atoms with Crippen LogP contribution in [0.15, 0.2) is 47.6 Å². The van der Waals surface area contributed by atoms with Crippen LogP contribution < -0.4 is 9.47 Å². The van der Waals surface area contributed by atoms with Gasteiger partial charge < -0.3 is 9.47 Å². The molecule has 0 aliphatic carbocycles. The van der Waals surface area contributed by atoms with E-state index in [-0.39, 0.29) is 11.5 Å². The van der Waals surface area contributed by atoms with Gasteiger partial charge in [0.25, 0.3) is 0 Å². The smallest absolute Gasteiger partial charge is 0.220 e. The van der Waals surface area contributed by atoms with Crippen LogP contribution in [-0.2, 0) is 0 Å². The van der Waals surface area contributed by atoms with E-state index < -0.39 is 5.25 Å². The Hall–Kier alpha value is -2.78. The van der Waals surface area contributed by atoms with Gasteiger partial charge in [0.15, 0.2) is 5.16 Å². The minimum Gasteiger partial charge on any atom is -0.495 e. The van der Waals surface area contributed by atoms with Crippen LogP contribution >= 0.6 is 23.4 Å². The van der Waals surface area contributed by atoms with Crippen molar-refractivity contribution in [3.63, 3.8) is 0 Å². The lowest BCUT2D eigenvalue weighted by Gasteiger charge is -2.15. The quantitative estimate of drug-likeness (QED) is 0.265. The molecule has 0 aliphatic heterocycles. The average Bonchev–Trinajstić information content (AvgIpc) is 3.08. The second kappa shape index (κ2) is 9.82. The Bertz CT molecular complexity index is 1030. The number of hydrogen-bond acceptors (Lipinski definition) is 7. The van der Waals surface area contributed by atoms with Gasteiger partial charge in [-0.05, 0) is 55.8 Å². The highest BCUT2D eigenvalue weighted by atomic mass is 35.5. The number of hydrogen-bond donors (Lipinski definition) is 0. The molecule has 0 radical (unpaired) electrons. The standard InChI is InChI=1S/C20H21ClN4O4S/c1-4-29-16-8-6-15(7-9-16)25-13(2)22-23-20(25)30-19(12-24(26)27)14-5-10-18(28-3)17(21)11-14/h5-11,19H,4,12H2,1-3H3/t19-/m1/s1. The highest BCUT2D eigenvalue weighted by Gasteiger charge is 2.24. The maximum absolute atomic E-state index is 11.3. The van der Waals surface area contributed by atoms with Crippen molar-refractivity contribution in [1.82, 2.24) is 14.8 Å². The number of ether oxygens (including phenoxy) is 2. The van der Waals surface area contributed by atoms with Gasteiger partial charge in [0.2, 0.25) is 6.54 Å². The highest BCUT2D eigenvalue weighted by Crippen LogP contribution is 2.38. The molecule has 0 N–H and O–H groups in total. The summed E-state index contributed by atoms with van der Waals surface area (Å²) in [6, 6.07) is 12.7. The Labute approximate surface area is 183 Å². The second-order valence-electron chi connectivity index (χ2n) is 6.31. The monoisotopic (exact) mass is 448 g/mol. The fraction of sp³-hybridized carbons (Fsp3) is 0.300. The van der Waals surface area contributed by atoms with Crippen molar-refractivity contribution in [2.45, 2.75) is 24.3 Å². The number of halogens is 1. The van der Waals surface area contributed by atoms with Gasteiger partial charge in [0.1, 0.15) is 22.6 Å². The number of nitrogens with zero attached hydrogens (tertiary/aromatic N) is 4. The van der Waals surface area contributed by atoms with Gasteiger partial charge in [0, 0.05) is 10.6 Å². The summed E-state index contributed by atoms with van der Waals surface area (Å²) in [6.45, 7) is 4.05. The molecule has 0 saturated heterocycles. The third-order valence-corrected chi connectivity index (χ3v) is 5.79. The summed E-state index contributed by atoms with van der Waals surface area (Å²) in [5, 5.41) is 20.2. The summed E-state index contributed by atoms with van der Waals surface area (Å²) in [6.07, 6.45) is 0. The van der Waals surface area contributed by atoms with Crippen LogP contribution in [-0.4, -0.2) is 39.9 Å². The number of benzene rings is 2. The number of aromatic nitrogens is 3.